The molecule has 0 radical (unpaired) electrons. The lowest BCUT2D eigenvalue weighted by molar-refractivity contribution is -0.138. The third-order valence-electron chi connectivity index (χ3n) is 10.8. The summed E-state index contributed by atoms with van der Waals surface area (Å²) in [6.07, 6.45) is 19.9. The van der Waals surface area contributed by atoms with E-state index in [2.05, 4.69) is 32.9 Å². The molecule has 0 bridgehead atoms. The van der Waals surface area contributed by atoms with Crippen LogP contribution in [0.4, 0.5) is 0 Å². The summed E-state index contributed by atoms with van der Waals surface area (Å²) < 4.78 is 0. The number of hydrogen-bond donors (Lipinski definition) is 36. The molecule has 0 amide bonds. The zero-order valence-corrected chi connectivity index (χ0v) is 61.9. The first-order valence-corrected chi connectivity index (χ1v) is 34.4. The first kappa shape index (κ1) is 133. The van der Waals surface area contributed by atoms with Crippen molar-refractivity contribution in [3.8, 4) is 0 Å². The molecule has 644 valence electrons. The summed E-state index contributed by atoms with van der Waals surface area (Å²) in [6.45, 7) is -1.55. The first-order valence-electron chi connectivity index (χ1n) is 34.4. The zero-order chi connectivity index (χ0) is 84.0. The Hall–Kier alpha value is -3.17. The van der Waals surface area contributed by atoms with E-state index in [-0.39, 0.29) is 145 Å². The van der Waals surface area contributed by atoms with Gasteiger partial charge in [0.15, 0.2) is 0 Å². The van der Waals surface area contributed by atoms with Crippen molar-refractivity contribution in [3.63, 3.8) is 0 Å². The average molecular weight is 1560 g/mol. The van der Waals surface area contributed by atoms with Crippen molar-refractivity contribution in [1.82, 2.24) is 0 Å². The summed E-state index contributed by atoms with van der Waals surface area (Å²) in [5.41, 5.74) is 0. The Labute approximate surface area is 614 Å². The lowest BCUT2D eigenvalue weighted by Crippen LogP contribution is -2.15. The number of carboxylic acids is 3. The van der Waals surface area contributed by atoms with Crippen LogP contribution in [0.5, 0.6) is 0 Å². The summed E-state index contributed by atoms with van der Waals surface area (Å²) in [7, 11) is 0. The third-order valence-corrected chi connectivity index (χ3v) is 10.8. The zero-order valence-electron chi connectivity index (χ0n) is 61.9. The molecule has 0 aromatic rings. The van der Waals surface area contributed by atoms with Gasteiger partial charge in [-0.1, -0.05) is 123 Å². The predicted molar refractivity (Wildman–Crippen MR) is 382 cm³/mol. The summed E-state index contributed by atoms with van der Waals surface area (Å²) in [5.74, 6) is -2.02. The highest BCUT2D eigenvalue weighted by Crippen LogP contribution is 2.10. The van der Waals surface area contributed by atoms with Crippen molar-refractivity contribution in [3.05, 3.63) is 12.2 Å². The van der Waals surface area contributed by atoms with Crippen LogP contribution in [-0.4, -0.2) is 414 Å². The average Bonchev–Trinajstić information content (AvgIpc) is 3.83. The summed E-state index contributed by atoms with van der Waals surface area (Å²) >= 11 is 0. The number of rotatable bonds is 47. The minimum absolute atomic E-state index is 0.327. The van der Waals surface area contributed by atoms with E-state index in [0.29, 0.717) is 19.3 Å². The first-order chi connectivity index (χ1) is 49.2. The van der Waals surface area contributed by atoms with Gasteiger partial charge in [-0.15, -0.1) is 0 Å². The highest BCUT2D eigenvalue weighted by molar-refractivity contribution is 5.67. The third kappa shape index (κ3) is 194. The molecule has 0 aliphatic carbocycles. The number of allylic oxidation sites excluding steroid dienone is 2. The second kappa shape index (κ2) is 129. The quantitative estimate of drug-likeness (QED) is 0.0199. The van der Waals surface area contributed by atoms with E-state index >= 15 is 0 Å². The van der Waals surface area contributed by atoms with Crippen LogP contribution in [0.15, 0.2) is 12.2 Å². The molecule has 0 atom stereocenters. The van der Waals surface area contributed by atoms with E-state index in [1.807, 2.05) is 0 Å². The maximum Gasteiger partial charge on any atom is 0.303 e. The number of aliphatic hydroxyl groups excluding tert-OH is 33. The largest absolute Gasteiger partial charge is 0.481 e. The highest BCUT2D eigenvalue weighted by atomic mass is 16.4. The number of unbranched alkanes of at least 4 members (excludes halogenated alkanes) is 17. The van der Waals surface area contributed by atoms with Crippen molar-refractivity contribution in [1.29, 1.82) is 0 Å². The second-order valence-corrected chi connectivity index (χ2v) is 21.3. The van der Waals surface area contributed by atoms with Crippen LogP contribution < -0.4 is 0 Å². The fraction of sp³-hybridized carbons (Fsp3) is 0.923. The number of aliphatic carboxylic acids is 3. The Bertz CT molecular complexity index is 1210. The molecule has 0 rings (SSSR count). The van der Waals surface area contributed by atoms with Crippen LogP contribution in [0.3, 0.4) is 0 Å². The Morgan fingerprint density at radius 1 is 0.192 bits per heavy atom. The highest BCUT2D eigenvalue weighted by Gasteiger charge is 2.02. The van der Waals surface area contributed by atoms with Gasteiger partial charge in [-0.05, 0) is 44.9 Å². The Kier molecular flexibility index (Phi) is 166. The minimum atomic E-state index is -0.954. The van der Waals surface area contributed by atoms with Crippen LogP contribution in [0.25, 0.3) is 0 Å². The summed E-state index contributed by atoms with van der Waals surface area (Å²) in [5, 5.41) is 289. The Morgan fingerprint density at radius 3 is 0.413 bits per heavy atom. The number of carboxylic acid groups (broad SMARTS) is 3. The molecule has 0 heterocycles. The van der Waals surface area contributed by atoms with Gasteiger partial charge in [0.05, 0.1) is 145 Å². The van der Waals surface area contributed by atoms with Gasteiger partial charge in [0.2, 0.25) is 0 Å². The smallest absolute Gasteiger partial charge is 0.303 e. The van der Waals surface area contributed by atoms with Gasteiger partial charge in [0.25, 0.3) is 0 Å². The minimum Gasteiger partial charge on any atom is -0.481 e. The molecule has 104 heavy (non-hydrogen) atoms. The van der Waals surface area contributed by atoms with Gasteiger partial charge in [0, 0.05) is 19.3 Å². The van der Waals surface area contributed by atoms with E-state index in [4.69, 9.17) is 184 Å². The molecule has 39 nitrogen and oxygen atoms in total. The van der Waals surface area contributed by atoms with Crippen LogP contribution >= 0.6 is 0 Å². The van der Waals surface area contributed by atoms with Gasteiger partial charge in [-0.25, -0.2) is 0 Å². The molecule has 36 N–H and O–H groups in total. The fourth-order valence-electron chi connectivity index (χ4n) is 4.39. The van der Waals surface area contributed by atoms with Crippen molar-refractivity contribution < 1.29 is 198 Å². The molecular weight excluding hydrogens is 1400 g/mol. The van der Waals surface area contributed by atoms with Crippen molar-refractivity contribution in [2.24, 2.45) is 0 Å². The van der Waals surface area contributed by atoms with Gasteiger partial charge in [-0.3, -0.25) is 14.4 Å². The van der Waals surface area contributed by atoms with Crippen molar-refractivity contribution >= 4 is 17.9 Å². The SMILES string of the molecule is CCCCCC(=O)O.CCCCCCCC(=O)O.CCCCCCCCC=CCCCCCCCC(=O)O.OCC(O)CO.OCC(O)CO.OCC(O)CO.OCC(O)CO.OCC(O)CO.OCC(O)CO.OCC(O)CO.OCC(O)CO.OCC(O)CO.OCC(O)CO.OCC(O)CO. The molecule has 39 heteroatoms. The number of aliphatic hydroxyl groups is 33. The van der Waals surface area contributed by atoms with Crippen LogP contribution in [0.2, 0.25) is 0 Å². The summed E-state index contributed by atoms with van der Waals surface area (Å²) in [6, 6.07) is 0. The lowest BCUT2D eigenvalue weighted by Gasteiger charge is -1.99. The molecule has 0 spiro atoms. The monoisotopic (exact) mass is 1550 g/mol. The van der Waals surface area contributed by atoms with E-state index in [9.17, 15) is 14.4 Å². The molecule has 0 fully saturated rings. The normalized spacial score (nSPS) is 10.1. The number of hydrogen-bond acceptors (Lipinski definition) is 36. The molecule has 0 unspecified atom stereocenters. The van der Waals surface area contributed by atoms with E-state index in [0.717, 1.165) is 44.9 Å². The molecule has 0 aromatic heterocycles. The number of carbonyl (C=O) groups is 3. The molecule has 0 saturated heterocycles. The van der Waals surface area contributed by atoms with E-state index in [1.165, 1.54) is 89.9 Å². The van der Waals surface area contributed by atoms with Crippen molar-refractivity contribution in [2.45, 2.75) is 242 Å². The molecule has 0 aliphatic heterocycles. The maximum atomic E-state index is 10.3. The van der Waals surface area contributed by atoms with E-state index in [1.54, 1.807) is 0 Å². The molecule has 0 aromatic carbocycles. The standard InChI is InChI=1S/C18H34O2.C8H16O2.C6H12O2.11C3H8O3/c1-2-3-4-5-6-7-8-9-10-11-12-13-14-15-16-17-18(19)20;1-2-3-4-5-6-7-8(9)10;1-2-3-4-5-6(7)8;11*4-1-3(6)2-5/h9-10H,2-8,11-17H2,1H3,(H,19,20);2-7H2,1H3,(H,9,10);2-5H2,1H3,(H,7,8);11*3-6H,1-2H2. The Morgan fingerprint density at radius 2 is 0.298 bits per heavy atom. The van der Waals surface area contributed by atoms with Gasteiger partial charge in [0.1, 0.15) is 67.1 Å². The second-order valence-electron chi connectivity index (χ2n) is 21.3. The van der Waals surface area contributed by atoms with Crippen molar-refractivity contribution in [2.75, 3.05) is 145 Å². The van der Waals surface area contributed by atoms with Gasteiger partial charge >= 0.3 is 17.9 Å². The van der Waals surface area contributed by atoms with E-state index < -0.39 is 85.1 Å². The maximum absolute atomic E-state index is 10.3. The van der Waals surface area contributed by atoms with Crippen LogP contribution in [0, 0.1) is 0 Å². The molecule has 0 aliphatic rings. The topological polar surface area (TPSA) is 779 Å². The summed E-state index contributed by atoms with van der Waals surface area (Å²) in [4.78, 5) is 30.2. The van der Waals surface area contributed by atoms with Gasteiger partial charge < -0.3 is 184 Å². The van der Waals surface area contributed by atoms with Gasteiger partial charge in [-0.2, -0.15) is 0 Å². The van der Waals surface area contributed by atoms with Crippen LogP contribution in [0.1, 0.15) is 175 Å². The molecular formula is C65H150O39. The van der Waals surface area contributed by atoms with Crippen LogP contribution in [-0.2, 0) is 14.4 Å². The molecule has 0 saturated carbocycles. The predicted octanol–water partition coefficient (Wildman–Crippen LogP) is -8.16. The Balaban J connectivity index is -0.0000000717. The fourth-order valence-corrected chi connectivity index (χ4v) is 4.39. The lowest BCUT2D eigenvalue weighted by atomic mass is 10.1.